The van der Waals surface area contributed by atoms with Crippen LogP contribution in [0.25, 0.3) is 22.3 Å². The first-order chi connectivity index (χ1) is 14.6. The lowest BCUT2D eigenvalue weighted by Crippen LogP contribution is -2.29. The summed E-state index contributed by atoms with van der Waals surface area (Å²) in [5.41, 5.74) is 2.15. The summed E-state index contributed by atoms with van der Waals surface area (Å²) in [4.78, 5) is 31.7. The molecule has 8 nitrogen and oxygen atoms in total. The number of halogens is 1. The third-order valence-corrected chi connectivity index (χ3v) is 5.18. The van der Waals surface area contributed by atoms with Gasteiger partial charge >= 0.3 is 0 Å². The molecule has 9 heteroatoms. The maximum Gasteiger partial charge on any atom is 0.267 e. The summed E-state index contributed by atoms with van der Waals surface area (Å²) in [5, 5.41) is 7.42. The number of aromatic amines is 1. The van der Waals surface area contributed by atoms with Crippen LogP contribution in [0.4, 0.5) is 10.1 Å². The van der Waals surface area contributed by atoms with Crippen molar-refractivity contribution in [2.45, 2.75) is 0 Å². The summed E-state index contributed by atoms with van der Waals surface area (Å²) in [6.45, 7) is 0.0848. The Balaban J connectivity index is 1.53. The lowest BCUT2D eigenvalue weighted by molar-refractivity contribution is 0.0926. The van der Waals surface area contributed by atoms with E-state index in [-0.39, 0.29) is 23.7 Å². The zero-order valence-electron chi connectivity index (χ0n) is 15.2. The zero-order valence-corrected chi connectivity index (χ0v) is 15.2. The van der Waals surface area contributed by atoms with Gasteiger partial charge in [0.2, 0.25) is 6.79 Å². The Bertz CT molecular complexity index is 1380. The topological polar surface area (TPSA) is 97.4 Å². The molecule has 2 amide bonds. The van der Waals surface area contributed by atoms with E-state index in [9.17, 15) is 14.0 Å². The number of hydrogen-bond acceptors (Lipinski definition) is 6. The molecule has 0 radical (unpaired) electrons. The summed E-state index contributed by atoms with van der Waals surface area (Å²) >= 11 is 0. The number of nitrogens with one attached hydrogen (secondary N) is 1. The molecule has 0 bridgehead atoms. The van der Waals surface area contributed by atoms with Gasteiger partial charge in [0.1, 0.15) is 5.82 Å². The molecule has 30 heavy (non-hydrogen) atoms. The number of fused-ring (bicyclic) bond motifs is 4. The van der Waals surface area contributed by atoms with Crippen LogP contribution in [0.2, 0.25) is 0 Å². The molecule has 0 spiro atoms. The minimum absolute atomic E-state index is 0.0848. The van der Waals surface area contributed by atoms with Crippen molar-refractivity contribution >= 4 is 28.5 Å². The number of pyridine rings is 1. The fraction of sp³-hybridized carbons (Fsp3) is 0.0476. The molecule has 146 valence electrons. The minimum Gasteiger partial charge on any atom is -0.454 e. The van der Waals surface area contributed by atoms with E-state index in [2.05, 4.69) is 15.2 Å². The largest absolute Gasteiger partial charge is 0.454 e. The van der Waals surface area contributed by atoms with Gasteiger partial charge < -0.3 is 9.47 Å². The summed E-state index contributed by atoms with van der Waals surface area (Å²) in [7, 11) is 0. The second-order valence-corrected chi connectivity index (χ2v) is 6.83. The van der Waals surface area contributed by atoms with E-state index < -0.39 is 11.8 Å². The molecule has 4 aromatic rings. The lowest BCUT2D eigenvalue weighted by atomic mass is 10.0. The average Bonchev–Trinajstić information content (AvgIpc) is 3.45. The fourth-order valence-corrected chi connectivity index (χ4v) is 3.78. The van der Waals surface area contributed by atoms with E-state index in [1.807, 2.05) is 0 Å². The summed E-state index contributed by atoms with van der Waals surface area (Å²) in [6.07, 6.45) is 1.35. The molecule has 4 heterocycles. The van der Waals surface area contributed by atoms with Crippen molar-refractivity contribution in [2.75, 3.05) is 11.7 Å². The standard InChI is InChI=1S/C21H11FN4O4/c22-11-3-1-10(2-4-11)18-17-16-13(8-23-19(17)25-24-18)20(27)26(21(16)28)12-5-6-14-15(7-12)30-9-29-14/h1-8H,9H2,(H,23,24,25). The molecule has 0 aliphatic carbocycles. The monoisotopic (exact) mass is 402 g/mol. The molecule has 1 N–H and O–H groups in total. The van der Waals surface area contributed by atoms with E-state index in [1.54, 1.807) is 30.3 Å². The van der Waals surface area contributed by atoms with Gasteiger partial charge in [-0.05, 0) is 36.4 Å². The Hall–Kier alpha value is -4.27. The van der Waals surface area contributed by atoms with Crippen molar-refractivity contribution in [3.8, 4) is 22.8 Å². The number of carbonyl (C=O) groups is 2. The van der Waals surface area contributed by atoms with Crippen LogP contribution in [0.1, 0.15) is 20.7 Å². The molecule has 2 aromatic carbocycles. The van der Waals surface area contributed by atoms with Crippen molar-refractivity contribution in [3.05, 3.63) is 65.6 Å². The highest BCUT2D eigenvalue weighted by Crippen LogP contribution is 2.40. The average molecular weight is 402 g/mol. The summed E-state index contributed by atoms with van der Waals surface area (Å²) in [5.74, 6) is -0.359. The number of imide groups is 1. The van der Waals surface area contributed by atoms with Crippen molar-refractivity contribution in [2.24, 2.45) is 0 Å². The molecule has 0 saturated carbocycles. The van der Waals surface area contributed by atoms with Crippen LogP contribution in [-0.4, -0.2) is 33.8 Å². The van der Waals surface area contributed by atoms with Crippen LogP contribution in [-0.2, 0) is 0 Å². The molecule has 2 aliphatic heterocycles. The summed E-state index contributed by atoms with van der Waals surface area (Å²) < 4.78 is 24.0. The molecule has 0 atom stereocenters. The van der Waals surface area contributed by atoms with Crippen molar-refractivity contribution in [1.29, 1.82) is 0 Å². The summed E-state index contributed by atoms with van der Waals surface area (Å²) in [6, 6.07) is 10.6. The van der Waals surface area contributed by atoms with E-state index in [4.69, 9.17) is 9.47 Å². The van der Waals surface area contributed by atoms with Crippen LogP contribution < -0.4 is 14.4 Å². The second-order valence-electron chi connectivity index (χ2n) is 6.83. The molecular weight excluding hydrogens is 391 g/mol. The first kappa shape index (κ1) is 16.7. The van der Waals surface area contributed by atoms with E-state index in [0.29, 0.717) is 39.5 Å². The highest BCUT2D eigenvalue weighted by atomic mass is 19.1. The van der Waals surface area contributed by atoms with Gasteiger partial charge in [-0.1, -0.05) is 0 Å². The van der Waals surface area contributed by atoms with Crippen LogP contribution >= 0.6 is 0 Å². The van der Waals surface area contributed by atoms with Gasteiger partial charge in [-0.2, -0.15) is 5.10 Å². The number of aromatic nitrogens is 3. The Morgan fingerprint density at radius 1 is 1.00 bits per heavy atom. The predicted octanol–water partition coefficient (Wildman–Crippen LogP) is 3.29. The zero-order chi connectivity index (χ0) is 20.4. The number of ether oxygens (including phenoxy) is 2. The third-order valence-electron chi connectivity index (χ3n) is 5.18. The number of benzene rings is 2. The van der Waals surface area contributed by atoms with Gasteiger partial charge in [0.25, 0.3) is 11.8 Å². The smallest absolute Gasteiger partial charge is 0.267 e. The molecule has 2 aromatic heterocycles. The minimum atomic E-state index is -0.494. The highest BCUT2D eigenvalue weighted by Gasteiger charge is 2.40. The van der Waals surface area contributed by atoms with E-state index >= 15 is 0 Å². The number of hydrogen-bond donors (Lipinski definition) is 1. The number of carbonyl (C=O) groups excluding carboxylic acids is 2. The molecular formula is C21H11FN4O4. The van der Waals surface area contributed by atoms with Gasteiger partial charge in [-0.3, -0.25) is 14.7 Å². The fourth-order valence-electron chi connectivity index (χ4n) is 3.78. The van der Waals surface area contributed by atoms with Crippen LogP contribution in [0, 0.1) is 5.82 Å². The van der Waals surface area contributed by atoms with E-state index in [1.165, 1.54) is 18.3 Å². The van der Waals surface area contributed by atoms with Gasteiger partial charge in [0.15, 0.2) is 17.1 Å². The lowest BCUT2D eigenvalue weighted by Gasteiger charge is -2.14. The number of rotatable bonds is 2. The Labute approximate surface area is 167 Å². The van der Waals surface area contributed by atoms with Crippen molar-refractivity contribution in [3.63, 3.8) is 0 Å². The predicted molar refractivity (Wildman–Crippen MR) is 103 cm³/mol. The highest BCUT2D eigenvalue weighted by molar-refractivity contribution is 6.38. The maximum absolute atomic E-state index is 13.4. The Morgan fingerprint density at radius 2 is 1.80 bits per heavy atom. The SMILES string of the molecule is O=C1c2cnc3n[nH]c(-c4ccc(F)cc4)c3c2C(=O)N1c1ccc2c(c1)OCO2. The van der Waals surface area contributed by atoms with Crippen molar-refractivity contribution < 1.29 is 23.5 Å². The number of amides is 2. The van der Waals surface area contributed by atoms with Crippen LogP contribution in [0.5, 0.6) is 11.5 Å². The molecule has 0 unspecified atom stereocenters. The van der Waals surface area contributed by atoms with Gasteiger partial charge in [0, 0.05) is 17.8 Å². The van der Waals surface area contributed by atoms with Crippen LogP contribution in [0.15, 0.2) is 48.7 Å². The Morgan fingerprint density at radius 3 is 2.63 bits per heavy atom. The Kier molecular flexibility index (Phi) is 3.26. The molecule has 6 rings (SSSR count). The normalized spacial score (nSPS) is 14.6. The number of H-pyrrole nitrogens is 1. The van der Waals surface area contributed by atoms with E-state index in [0.717, 1.165) is 4.90 Å². The molecule has 0 saturated heterocycles. The first-order valence-corrected chi connectivity index (χ1v) is 9.03. The van der Waals surface area contributed by atoms with Gasteiger partial charge in [-0.15, -0.1) is 0 Å². The second kappa shape index (κ2) is 5.86. The van der Waals surface area contributed by atoms with Gasteiger partial charge in [0.05, 0.1) is 27.9 Å². The quantitative estimate of drug-likeness (QED) is 0.517. The molecule has 0 fully saturated rings. The van der Waals surface area contributed by atoms with Gasteiger partial charge in [-0.25, -0.2) is 14.3 Å². The first-order valence-electron chi connectivity index (χ1n) is 9.03. The third kappa shape index (κ3) is 2.20. The number of anilines is 1. The van der Waals surface area contributed by atoms with Crippen LogP contribution in [0.3, 0.4) is 0 Å². The maximum atomic E-state index is 13.4. The number of nitrogens with zero attached hydrogens (tertiary/aromatic N) is 3. The van der Waals surface area contributed by atoms with Crippen molar-refractivity contribution in [1.82, 2.24) is 15.2 Å². The molecule has 2 aliphatic rings.